The minimum absolute atomic E-state index is 0.345. The van der Waals surface area contributed by atoms with Gasteiger partial charge in [-0.2, -0.15) is 9.97 Å². The highest BCUT2D eigenvalue weighted by molar-refractivity contribution is 5.88. The van der Waals surface area contributed by atoms with Crippen LogP contribution >= 0.6 is 0 Å². The van der Waals surface area contributed by atoms with E-state index in [2.05, 4.69) is 19.8 Å². The Hall–Kier alpha value is -3.01. The molecule has 2 aliphatic heterocycles. The third-order valence-electron chi connectivity index (χ3n) is 5.86. The van der Waals surface area contributed by atoms with Gasteiger partial charge in [0.05, 0.1) is 38.0 Å². The molecule has 174 valence electrons. The zero-order valence-corrected chi connectivity index (χ0v) is 18.9. The molecule has 2 fully saturated rings. The number of aryl methyl sites for hydroxylation is 1. The van der Waals surface area contributed by atoms with Gasteiger partial charge in [-0.05, 0) is 24.6 Å². The lowest BCUT2D eigenvalue weighted by Crippen LogP contribution is -2.39. The van der Waals surface area contributed by atoms with Crippen LogP contribution in [0.2, 0.25) is 0 Å². The second-order valence-electron chi connectivity index (χ2n) is 8.14. The van der Waals surface area contributed by atoms with Crippen LogP contribution in [-0.2, 0) is 9.47 Å². The van der Waals surface area contributed by atoms with Crippen LogP contribution < -0.4 is 14.4 Å². The normalized spacial score (nSPS) is 17.3. The molecule has 1 aromatic carbocycles. The molecular weight excluding hydrogens is 422 g/mol. The Morgan fingerprint density at radius 2 is 1.73 bits per heavy atom. The Balaban J connectivity index is 1.40. The van der Waals surface area contributed by atoms with Crippen LogP contribution in [0.5, 0.6) is 17.5 Å². The summed E-state index contributed by atoms with van der Waals surface area (Å²) in [6.45, 7) is 9.55. The molecular formula is C24H29N5O4. The molecule has 3 aromatic rings. The molecule has 2 aliphatic rings. The van der Waals surface area contributed by atoms with Gasteiger partial charge >= 0.3 is 6.01 Å². The van der Waals surface area contributed by atoms with Crippen LogP contribution in [0, 0.1) is 6.92 Å². The zero-order valence-electron chi connectivity index (χ0n) is 18.9. The van der Waals surface area contributed by atoms with E-state index >= 15 is 0 Å². The number of benzene rings is 1. The Bertz CT molecular complexity index is 1080. The fourth-order valence-electron chi connectivity index (χ4n) is 3.98. The van der Waals surface area contributed by atoms with E-state index in [9.17, 15) is 0 Å². The minimum atomic E-state index is 0.345. The van der Waals surface area contributed by atoms with E-state index < -0.39 is 0 Å². The Labute approximate surface area is 193 Å². The van der Waals surface area contributed by atoms with Crippen LogP contribution in [0.4, 0.5) is 5.82 Å². The van der Waals surface area contributed by atoms with Crippen molar-refractivity contribution < 1.29 is 18.9 Å². The number of ether oxygens (including phenoxy) is 4. The van der Waals surface area contributed by atoms with Crippen LogP contribution in [0.1, 0.15) is 5.56 Å². The number of fused-ring (bicyclic) bond motifs is 1. The van der Waals surface area contributed by atoms with Crippen molar-refractivity contribution in [3.63, 3.8) is 0 Å². The highest BCUT2D eigenvalue weighted by Crippen LogP contribution is 2.31. The molecule has 0 spiro atoms. The third kappa shape index (κ3) is 5.32. The summed E-state index contributed by atoms with van der Waals surface area (Å²) in [5.74, 6) is 2.25. The van der Waals surface area contributed by atoms with E-state index in [0.29, 0.717) is 37.2 Å². The molecule has 5 rings (SSSR count). The summed E-state index contributed by atoms with van der Waals surface area (Å²) in [5, 5.41) is 0.837. The van der Waals surface area contributed by atoms with Crippen molar-refractivity contribution in [2.75, 3.05) is 70.7 Å². The number of aromatic nitrogens is 3. The number of para-hydroxylation sites is 1. The van der Waals surface area contributed by atoms with Crippen LogP contribution in [0.25, 0.3) is 11.0 Å². The number of rotatable bonds is 7. The number of pyridine rings is 1. The Morgan fingerprint density at radius 3 is 2.52 bits per heavy atom. The standard InChI is InChI=1S/C24H29N5O4/c1-18-4-2-3-5-21(18)33-19-16-20-22(25-17-19)26-24(27-23(20)29-9-13-31-14-10-29)32-15-8-28-6-11-30-12-7-28/h2-5,16-17H,6-15H2,1H3. The van der Waals surface area contributed by atoms with Gasteiger partial charge in [0.2, 0.25) is 0 Å². The minimum Gasteiger partial charge on any atom is -0.462 e. The van der Waals surface area contributed by atoms with Crippen molar-refractivity contribution in [3.05, 3.63) is 42.1 Å². The second kappa shape index (κ2) is 10.3. The van der Waals surface area contributed by atoms with E-state index in [-0.39, 0.29) is 0 Å². The first kappa shape index (κ1) is 21.8. The van der Waals surface area contributed by atoms with Crippen molar-refractivity contribution in [2.45, 2.75) is 6.92 Å². The smallest absolute Gasteiger partial charge is 0.320 e. The van der Waals surface area contributed by atoms with Crippen molar-refractivity contribution in [3.8, 4) is 17.5 Å². The van der Waals surface area contributed by atoms with E-state index in [1.54, 1.807) is 6.20 Å². The summed E-state index contributed by atoms with van der Waals surface area (Å²) < 4.78 is 23.0. The van der Waals surface area contributed by atoms with Gasteiger partial charge in [-0.15, -0.1) is 0 Å². The van der Waals surface area contributed by atoms with Gasteiger partial charge in [0.15, 0.2) is 5.65 Å². The molecule has 9 nitrogen and oxygen atoms in total. The molecule has 2 saturated heterocycles. The fraction of sp³-hybridized carbons (Fsp3) is 0.458. The SMILES string of the molecule is Cc1ccccc1Oc1cnc2nc(OCCN3CCOCC3)nc(N3CCOCC3)c2c1. The molecule has 9 heteroatoms. The van der Waals surface area contributed by atoms with Crippen molar-refractivity contribution >= 4 is 16.9 Å². The number of nitrogens with zero attached hydrogens (tertiary/aromatic N) is 5. The predicted molar refractivity (Wildman–Crippen MR) is 124 cm³/mol. The first-order chi connectivity index (χ1) is 16.3. The fourth-order valence-corrected chi connectivity index (χ4v) is 3.98. The molecule has 0 unspecified atom stereocenters. The second-order valence-corrected chi connectivity index (χ2v) is 8.14. The molecule has 0 N–H and O–H groups in total. The third-order valence-corrected chi connectivity index (χ3v) is 5.86. The zero-order chi connectivity index (χ0) is 22.5. The molecule has 33 heavy (non-hydrogen) atoms. The van der Waals surface area contributed by atoms with E-state index in [0.717, 1.165) is 68.5 Å². The largest absolute Gasteiger partial charge is 0.462 e. The molecule has 4 heterocycles. The predicted octanol–water partition coefficient (Wildman–Crippen LogP) is 2.67. The quantitative estimate of drug-likeness (QED) is 0.538. The highest BCUT2D eigenvalue weighted by atomic mass is 16.5. The molecule has 0 amide bonds. The van der Waals surface area contributed by atoms with Crippen LogP contribution in [0.3, 0.4) is 0 Å². The molecule has 2 aromatic heterocycles. The van der Waals surface area contributed by atoms with Gasteiger partial charge in [0, 0.05) is 32.7 Å². The Kier molecular flexibility index (Phi) is 6.80. The lowest BCUT2D eigenvalue weighted by molar-refractivity contribution is 0.0317. The number of morpholine rings is 2. The van der Waals surface area contributed by atoms with Crippen molar-refractivity contribution in [1.29, 1.82) is 0 Å². The molecule has 0 saturated carbocycles. The van der Waals surface area contributed by atoms with Gasteiger partial charge in [-0.25, -0.2) is 4.98 Å². The average molecular weight is 452 g/mol. The summed E-state index contributed by atoms with van der Waals surface area (Å²) in [6.07, 6.45) is 1.70. The van der Waals surface area contributed by atoms with Gasteiger partial charge < -0.3 is 23.8 Å². The first-order valence-electron chi connectivity index (χ1n) is 11.4. The maximum atomic E-state index is 6.11. The lowest BCUT2D eigenvalue weighted by atomic mass is 10.2. The number of anilines is 1. The van der Waals surface area contributed by atoms with Crippen LogP contribution in [-0.4, -0.2) is 85.6 Å². The molecule has 0 aliphatic carbocycles. The van der Waals surface area contributed by atoms with Gasteiger partial charge in [0.1, 0.15) is 23.9 Å². The number of hydrogen-bond acceptors (Lipinski definition) is 9. The maximum absolute atomic E-state index is 6.11. The molecule has 0 atom stereocenters. The molecule has 0 radical (unpaired) electrons. The number of hydrogen-bond donors (Lipinski definition) is 0. The van der Waals surface area contributed by atoms with Crippen molar-refractivity contribution in [1.82, 2.24) is 19.9 Å². The summed E-state index contributed by atoms with van der Waals surface area (Å²) >= 11 is 0. The van der Waals surface area contributed by atoms with Crippen LogP contribution in [0.15, 0.2) is 36.5 Å². The van der Waals surface area contributed by atoms with Gasteiger partial charge in [-0.3, -0.25) is 4.90 Å². The van der Waals surface area contributed by atoms with Gasteiger partial charge in [0.25, 0.3) is 0 Å². The summed E-state index contributed by atoms with van der Waals surface area (Å²) in [5.41, 5.74) is 1.65. The highest BCUT2D eigenvalue weighted by Gasteiger charge is 2.20. The van der Waals surface area contributed by atoms with E-state index in [1.165, 1.54) is 0 Å². The maximum Gasteiger partial charge on any atom is 0.320 e. The molecule has 0 bridgehead atoms. The summed E-state index contributed by atoms with van der Waals surface area (Å²) in [6, 6.07) is 10.2. The summed E-state index contributed by atoms with van der Waals surface area (Å²) in [4.78, 5) is 18.4. The topological polar surface area (TPSA) is 82.1 Å². The summed E-state index contributed by atoms with van der Waals surface area (Å²) in [7, 11) is 0. The lowest BCUT2D eigenvalue weighted by Gasteiger charge is -2.29. The average Bonchev–Trinajstić information content (AvgIpc) is 2.86. The van der Waals surface area contributed by atoms with E-state index in [1.807, 2.05) is 37.3 Å². The van der Waals surface area contributed by atoms with Gasteiger partial charge in [-0.1, -0.05) is 18.2 Å². The van der Waals surface area contributed by atoms with E-state index in [4.69, 9.17) is 23.9 Å². The first-order valence-corrected chi connectivity index (χ1v) is 11.4. The monoisotopic (exact) mass is 451 g/mol. The van der Waals surface area contributed by atoms with Crippen molar-refractivity contribution in [2.24, 2.45) is 0 Å². The Morgan fingerprint density at radius 1 is 0.970 bits per heavy atom.